The Morgan fingerprint density at radius 3 is 2.33 bits per heavy atom. The zero-order chi connectivity index (χ0) is 11.8. The van der Waals surface area contributed by atoms with Crippen LogP contribution in [-0.2, 0) is 9.53 Å². The monoisotopic (exact) mass is 212 g/mol. The van der Waals surface area contributed by atoms with Crippen LogP contribution in [0.1, 0.15) is 53.4 Å². The van der Waals surface area contributed by atoms with Gasteiger partial charge in [0.2, 0.25) is 0 Å². The first-order chi connectivity index (χ1) is 7.01. The lowest BCUT2D eigenvalue weighted by molar-refractivity contribution is -0.143. The van der Waals surface area contributed by atoms with E-state index in [1.165, 1.54) is 6.42 Å². The van der Waals surface area contributed by atoms with Crippen molar-refractivity contribution < 1.29 is 9.53 Å². The molecule has 2 unspecified atom stereocenters. The van der Waals surface area contributed by atoms with E-state index < -0.39 is 0 Å². The molecule has 0 amide bonds. The van der Waals surface area contributed by atoms with Crippen LogP contribution in [-0.4, -0.2) is 12.1 Å². The predicted molar refractivity (Wildman–Crippen MR) is 63.7 cm³/mol. The van der Waals surface area contributed by atoms with E-state index in [-0.39, 0.29) is 12.1 Å². The van der Waals surface area contributed by atoms with Crippen LogP contribution in [0, 0.1) is 5.92 Å². The van der Waals surface area contributed by atoms with Gasteiger partial charge in [-0.2, -0.15) is 0 Å². The Morgan fingerprint density at radius 1 is 1.27 bits per heavy atom. The summed E-state index contributed by atoms with van der Waals surface area (Å²) in [6.07, 6.45) is 3.91. The van der Waals surface area contributed by atoms with Gasteiger partial charge < -0.3 is 4.74 Å². The maximum Gasteiger partial charge on any atom is 0.333 e. The maximum atomic E-state index is 11.4. The van der Waals surface area contributed by atoms with Gasteiger partial charge in [0.25, 0.3) is 0 Å². The minimum absolute atomic E-state index is 0.00907. The molecule has 2 heteroatoms. The van der Waals surface area contributed by atoms with Crippen molar-refractivity contribution in [1.82, 2.24) is 0 Å². The summed E-state index contributed by atoms with van der Waals surface area (Å²) in [5.74, 6) is 0.467. The minimum atomic E-state index is -0.242. The molecular formula is C13H24O2. The highest BCUT2D eigenvalue weighted by Crippen LogP contribution is 2.14. The van der Waals surface area contributed by atoms with Gasteiger partial charge in [0.15, 0.2) is 0 Å². The molecule has 0 aliphatic heterocycles. The fourth-order valence-electron chi connectivity index (χ4n) is 1.19. The first-order valence-electron chi connectivity index (χ1n) is 5.89. The second-order valence-electron chi connectivity index (χ2n) is 4.26. The zero-order valence-electron chi connectivity index (χ0n) is 10.5. The molecule has 15 heavy (non-hydrogen) atoms. The Labute approximate surface area is 93.7 Å². The molecule has 0 N–H and O–H groups in total. The first kappa shape index (κ1) is 14.2. The molecule has 0 radical (unpaired) electrons. The van der Waals surface area contributed by atoms with Crippen LogP contribution in [0.25, 0.3) is 0 Å². The Morgan fingerprint density at radius 2 is 1.87 bits per heavy atom. The third kappa shape index (κ3) is 6.32. The minimum Gasteiger partial charge on any atom is -0.459 e. The molecule has 0 rings (SSSR count). The number of ether oxygens (including phenoxy) is 1. The molecule has 0 saturated heterocycles. The first-order valence-corrected chi connectivity index (χ1v) is 5.89. The quantitative estimate of drug-likeness (QED) is 0.475. The summed E-state index contributed by atoms with van der Waals surface area (Å²) < 4.78 is 5.26. The highest BCUT2D eigenvalue weighted by Gasteiger charge is 2.12. The molecule has 0 aromatic carbocycles. The molecule has 0 bridgehead atoms. The molecule has 0 fully saturated rings. The Bertz CT molecular complexity index is 209. The standard InChI is InChI=1S/C13H24O2/c1-6-10(3)8-9-12(5)15-13(14)11(4)7-2/h10,12H,4,6-9H2,1-3,5H3. The van der Waals surface area contributed by atoms with Gasteiger partial charge in [-0.15, -0.1) is 0 Å². The predicted octanol–water partition coefficient (Wildman–Crippen LogP) is 3.71. The summed E-state index contributed by atoms with van der Waals surface area (Å²) >= 11 is 0. The molecule has 0 aliphatic carbocycles. The van der Waals surface area contributed by atoms with Crippen LogP contribution in [0.4, 0.5) is 0 Å². The second-order valence-corrected chi connectivity index (χ2v) is 4.26. The summed E-state index contributed by atoms with van der Waals surface area (Å²) in [4.78, 5) is 11.4. The molecular weight excluding hydrogens is 188 g/mol. The van der Waals surface area contributed by atoms with E-state index in [2.05, 4.69) is 20.4 Å². The molecule has 0 aromatic heterocycles. The average Bonchev–Trinajstić information content (AvgIpc) is 2.24. The summed E-state index contributed by atoms with van der Waals surface area (Å²) in [6, 6.07) is 0. The highest BCUT2D eigenvalue weighted by molar-refractivity contribution is 5.87. The van der Waals surface area contributed by atoms with Gasteiger partial charge in [-0.05, 0) is 32.1 Å². The van der Waals surface area contributed by atoms with Crippen molar-refractivity contribution in [2.45, 2.75) is 59.5 Å². The average molecular weight is 212 g/mol. The summed E-state index contributed by atoms with van der Waals surface area (Å²) in [5.41, 5.74) is 0.561. The Hall–Kier alpha value is -0.790. The number of carbonyl (C=O) groups excluding carboxylic acids is 1. The van der Waals surface area contributed by atoms with Gasteiger partial charge in [0.1, 0.15) is 0 Å². The Balaban J connectivity index is 3.78. The highest BCUT2D eigenvalue weighted by atomic mass is 16.5. The van der Waals surface area contributed by atoms with Gasteiger partial charge >= 0.3 is 5.97 Å². The summed E-state index contributed by atoms with van der Waals surface area (Å²) in [7, 11) is 0. The van der Waals surface area contributed by atoms with Gasteiger partial charge in [0, 0.05) is 5.57 Å². The molecule has 88 valence electrons. The van der Waals surface area contributed by atoms with Crippen molar-refractivity contribution in [3.63, 3.8) is 0 Å². The van der Waals surface area contributed by atoms with Crippen LogP contribution in [0.3, 0.4) is 0 Å². The van der Waals surface area contributed by atoms with Gasteiger partial charge in [-0.1, -0.05) is 33.8 Å². The zero-order valence-corrected chi connectivity index (χ0v) is 10.5. The molecule has 2 atom stereocenters. The van der Waals surface area contributed by atoms with Crippen molar-refractivity contribution in [2.24, 2.45) is 5.92 Å². The maximum absolute atomic E-state index is 11.4. The molecule has 2 nitrogen and oxygen atoms in total. The normalized spacial score (nSPS) is 14.4. The van der Waals surface area contributed by atoms with Crippen molar-refractivity contribution >= 4 is 5.97 Å². The number of hydrogen-bond acceptors (Lipinski definition) is 2. The van der Waals surface area contributed by atoms with E-state index in [1.54, 1.807) is 0 Å². The topological polar surface area (TPSA) is 26.3 Å². The number of carbonyl (C=O) groups is 1. The summed E-state index contributed by atoms with van der Waals surface area (Å²) in [5, 5.41) is 0. The molecule has 0 saturated carbocycles. The fraction of sp³-hybridized carbons (Fsp3) is 0.769. The van der Waals surface area contributed by atoms with Gasteiger partial charge in [0.05, 0.1) is 6.10 Å². The van der Waals surface area contributed by atoms with E-state index in [0.717, 1.165) is 12.8 Å². The van der Waals surface area contributed by atoms with Crippen LogP contribution in [0.15, 0.2) is 12.2 Å². The van der Waals surface area contributed by atoms with Crippen LogP contribution >= 0.6 is 0 Å². The third-order valence-corrected chi connectivity index (χ3v) is 2.79. The van der Waals surface area contributed by atoms with Crippen molar-refractivity contribution in [3.8, 4) is 0 Å². The number of esters is 1. The molecule has 0 aliphatic rings. The van der Waals surface area contributed by atoms with Crippen LogP contribution < -0.4 is 0 Å². The SMILES string of the molecule is C=C(CC)C(=O)OC(C)CCC(C)CC. The van der Waals surface area contributed by atoms with Crippen LogP contribution in [0.5, 0.6) is 0 Å². The number of rotatable bonds is 7. The second kappa shape index (κ2) is 7.49. The summed E-state index contributed by atoms with van der Waals surface area (Å²) in [6.45, 7) is 11.9. The molecule has 0 spiro atoms. The third-order valence-electron chi connectivity index (χ3n) is 2.79. The lowest BCUT2D eigenvalue weighted by Gasteiger charge is -2.15. The smallest absolute Gasteiger partial charge is 0.333 e. The largest absolute Gasteiger partial charge is 0.459 e. The van der Waals surface area contributed by atoms with E-state index >= 15 is 0 Å². The van der Waals surface area contributed by atoms with Crippen molar-refractivity contribution in [3.05, 3.63) is 12.2 Å². The van der Waals surface area contributed by atoms with E-state index in [0.29, 0.717) is 17.9 Å². The Kier molecular flexibility index (Phi) is 7.10. The van der Waals surface area contributed by atoms with Crippen molar-refractivity contribution in [2.75, 3.05) is 0 Å². The van der Waals surface area contributed by atoms with E-state index in [1.807, 2.05) is 13.8 Å². The fourth-order valence-corrected chi connectivity index (χ4v) is 1.19. The van der Waals surface area contributed by atoms with Gasteiger partial charge in [-0.3, -0.25) is 0 Å². The van der Waals surface area contributed by atoms with Gasteiger partial charge in [-0.25, -0.2) is 4.79 Å². The van der Waals surface area contributed by atoms with Crippen molar-refractivity contribution in [1.29, 1.82) is 0 Å². The lowest BCUT2D eigenvalue weighted by Crippen LogP contribution is -2.16. The molecule has 0 heterocycles. The van der Waals surface area contributed by atoms with E-state index in [9.17, 15) is 4.79 Å². The molecule has 0 aromatic rings. The van der Waals surface area contributed by atoms with E-state index in [4.69, 9.17) is 4.74 Å². The number of hydrogen-bond donors (Lipinski definition) is 0. The van der Waals surface area contributed by atoms with Crippen LogP contribution in [0.2, 0.25) is 0 Å². The lowest BCUT2D eigenvalue weighted by atomic mass is 10.0.